The van der Waals surface area contributed by atoms with Gasteiger partial charge in [-0.15, -0.1) is 0 Å². The van der Waals surface area contributed by atoms with Crippen molar-refractivity contribution in [2.75, 3.05) is 13.6 Å². The molecule has 0 aliphatic rings. The maximum atomic E-state index is 12.2. The normalized spacial score (nSPS) is 10.9. The van der Waals surface area contributed by atoms with E-state index in [4.69, 9.17) is 11.6 Å². The molecule has 21 heavy (non-hydrogen) atoms. The minimum atomic E-state index is 0.205. The highest BCUT2D eigenvalue weighted by atomic mass is 35.5. The lowest BCUT2D eigenvalue weighted by molar-refractivity contribution is 0.0967. The van der Waals surface area contributed by atoms with Crippen LogP contribution in [0.3, 0.4) is 0 Å². The maximum absolute atomic E-state index is 12.2. The van der Waals surface area contributed by atoms with Crippen LogP contribution < -0.4 is 0 Å². The van der Waals surface area contributed by atoms with E-state index in [0.717, 1.165) is 29.2 Å². The van der Waals surface area contributed by atoms with Crippen LogP contribution in [0.1, 0.15) is 27.9 Å². The molecule has 0 fully saturated rings. The summed E-state index contributed by atoms with van der Waals surface area (Å²) in [6.07, 6.45) is 0.537. The molecule has 0 unspecified atom stereocenters. The highest BCUT2D eigenvalue weighted by molar-refractivity contribution is 6.30. The van der Waals surface area contributed by atoms with E-state index in [2.05, 4.69) is 4.90 Å². The zero-order chi connectivity index (χ0) is 15.2. The summed E-state index contributed by atoms with van der Waals surface area (Å²) in [5, 5.41) is 0.746. The number of carbonyl (C=O) groups is 1. The van der Waals surface area contributed by atoms with Crippen molar-refractivity contribution < 1.29 is 4.79 Å². The Balaban J connectivity index is 1.86. The van der Waals surface area contributed by atoms with E-state index < -0.39 is 0 Å². The second kappa shape index (κ2) is 7.39. The van der Waals surface area contributed by atoms with E-state index in [-0.39, 0.29) is 5.78 Å². The third kappa shape index (κ3) is 4.69. The van der Waals surface area contributed by atoms with Crippen molar-refractivity contribution in [3.63, 3.8) is 0 Å². The molecule has 0 saturated heterocycles. The Morgan fingerprint density at radius 1 is 1.10 bits per heavy atom. The largest absolute Gasteiger partial charge is 0.302 e. The van der Waals surface area contributed by atoms with Gasteiger partial charge < -0.3 is 4.90 Å². The molecule has 0 bridgehead atoms. The SMILES string of the molecule is Cc1ccccc1C(=O)CCN(C)Cc1ccc(Cl)cc1. The molecular formula is C18H20ClNO. The Kier molecular flexibility index (Phi) is 5.54. The average molecular weight is 302 g/mol. The predicted octanol–water partition coefficient (Wildman–Crippen LogP) is 4.35. The van der Waals surface area contributed by atoms with Gasteiger partial charge >= 0.3 is 0 Å². The van der Waals surface area contributed by atoms with Crippen molar-refractivity contribution in [1.82, 2.24) is 4.90 Å². The summed E-state index contributed by atoms with van der Waals surface area (Å²) in [7, 11) is 2.03. The van der Waals surface area contributed by atoms with Crippen molar-refractivity contribution in [2.24, 2.45) is 0 Å². The van der Waals surface area contributed by atoms with Gasteiger partial charge in [0.25, 0.3) is 0 Å². The number of halogens is 1. The number of benzene rings is 2. The first-order valence-electron chi connectivity index (χ1n) is 7.08. The van der Waals surface area contributed by atoms with Crippen LogP contribution in [0.2, 0.25) is 5.02 Å². The molecule has 2 aromatic carbocycles. The molecule has 0 radical (unpaired) electrons. The first kappa shape index (κ1) is 15.7. The van der Waals surface area contributed by atoms with Crippen LogP contribution in [0.15, 0.2) is 48.5 Å². The first-order chi connectivity index (χ1) is 10.1. The fourth-order valence-electron chi connectivity index (χ4n) is 2.29. The molecule has 0 aromatic heterocycles. The number of carbonyl (C=O) groups excluding carboxylic acids is 1. The van der Waals surface area contributed by atoms with E-state index >= 15 is 0 Å². The first-order valence-corrected chi connectivity index (χ1v) is 7.46. The van der Waals surface area contributed by atoms with E-state index in [1.54, 1.807) is 0 Å². The minimum absolute atomic E-state index is 0.205. The van der Waals surface area contributed by atoms with Gasteiger partial charge in [-0.05, 0) is 37.2 Å². The number of Topliss-reactive ketones (excluding diaryl/α,β-unsaturated/α-hetero) is 1. The number of ketones is 1. The summed E-state index contributed by atoms with van der Waals surface area (Å²) in [5.41, 5.74) is 3.07. The molecule has 0 spiro atoms. The van der Waals surface area contributed by atoms with Crippen molar-refractivity contribution in [2.45, 2.75) is 19.9 Å². The average Bonchev–Trinajstić information content (AvgIpc) is 2.48. The molecule has 0 aliphatic heterocycles. The molecule has 2 nitrogen and oxygen atoms in total. The number of aryl methyl sites for hydroxylation is 1. The number of rotatable bonds is 6. The number of hydrogen-bond acceptors (Lipinski definition) is 2. The maximum Gasteiger partial charge on any atom is 0.164 e. The summed E-state index contributed by atoms with van der Waals surface area (Å²) >= 11 is 5.88. The van der Waals surface area contributed by atoms with E-state index in [9.17, 15) is 4.79 Å². The second-order valence-electron chi connectivity index (χ2n) is 5.35. The molecule has 0 atom stereocenters. The van der Waals surface area contributed by atoms with Gasteiger partial charge in [-0.25, -0.2) is 0 Å². The highest BCUT2D eigenvalue weighted by Gasteiger charge is 2.09. The van der Waals surface area contributed by atoms with Crippen LogP contribution >= 0.6 is 11.6 Å². The summed E-state index contributed by atoms with van der Waals surface area (Å²) in [6, 6.07) is 15.6. The molecule has 2 aromatic rings. The van der Waals surface area contributed by atoms with E-state index in [1.807, 2.05) is 62.5 Å². The number of nitrogens with zero attached hydrogens (tertiary/aromatic N) is 1. The van der Waals surface area contributed by atoms with Crippen molar-refractivity contribution >= 4 is 17.4 Å². The molecule has 0 N–H and O–H groups in total. The minimum Gasteiger partial charge on any atom is -0.302 e. The fourth-order valence-corrected chi connectivity index (χ4v) is 2.42. The summed E-state index contributed by atoms with van der Waals surface area (Å²) < 4.78 is 0. The molecule has 0 heterocycles. The van der Waals surface area contributed by atoms with Gasteiger partial charge in [0.1, 0.15) is 0 Å². The lowest BCUT2D eigenvalue weighted by Gasteiger charge is -2.16. The fraction of sp³-hybridized carbons (Fsp3) is 0.278. The van der Waals surface area contributed by atoms with Gasteiger partial charge in [0, 0.05) is 30.1 Å². The van der Waals surface area contributed by atoms with Crippen LogP contribution in [0, 0.1) is 6.92 Å². The molecule has 2 rings (SSSR count). The van der Waals surface area contributed by atoms with Gasteiger partial charge in [0.15, 0.2) is 5.78 Å². The van der Waals surface area contributed by atoms with Gasteiger partial charge in [0.2, 0.25) is 0 Å². The highest BCUT2D eigenvalue weighted by Crippen LogP contribution is 2.13. The number of hydrogen-bond donors (Lipinski definition) is 0. The lowest BCUT2D eigenvalue weighted by Crippen LogP contribution is -2.21. The lowest BCUT2D eigenvalue weighted by atomic mass is 10.0. The third-order valence-electron chi connectivity index (χ3n) is 3.53. The van der Waals surface area contributed by atoms with Crippen LogP contribution in [-0.2, 0) is 6.54 Å². The van der Waals surface area contributed by atoms with Crippen molar-refractivity contribution in [3.8, 4) is 0 Å². The Labute approximate surface area is 131 Å². The molecule has 0 aliphatic carbocycles. The summed E-state index contributed by atoms with van der Waals surface area (Å²) in [6.45, 7) is 3.54. The standard InChI is InChI=1S/C18H20ClNO/c1-14-5-3-4-6-17(14)18(21)11-12-20(2)13-15-7-9-16(19)10-8-15/h3-10H,11-13H2,1-2H3. The Bertz CT molecular complexity index is 607. The zero-order valence-corrected chi connectivity index (χ0v) is 13.2. The van der Waals surface area contributed by atoms with Gasteiger partial charge in [-0.2, -0.15) is 0 Å². The topological polar surface area (TPSA) is 20.3 Å². The second-order valence-corrected chi connectivity index (χ2v) is 5.79. The third-order valence-corrected chi connectivity index (χ3v) is 3.78. The molecule has 0 amide bonds. The van der Waals surface area contributed by atoms with Crippen LogP contribution in [0.4, 0.5) is 0 Å². The van der Waals surface area contributed by atoms with Gasteiger partial charge in [-0.1, -0.05) is 48.0 Å². The molecular weight excluding hydrogens is 282 g/mol. The van der Waals surface area contributed by atoms with E-state index in [0.29, 0.717) is 6.42 Å². The Hall–Kier alpha value is -1.64. The summed E-state index contributed by atoms with van der Waals surface area (Å²) in [4.78, 5) is 14.4. The Morgan fingerprint density at radius 3 is 2.43 bits per heavy atom. The molecule has 110 valence electrons. The predicted molar refractivity (Wildman–Crippen MR) is 87.9 cm³/mol. The monoisotopic (exact) mass is 301 g/mol. The Morgan fingerprint density at radius 2 is 1.76 bits per heavy atom. The summed E-state index contributed by atoms with van der Waals surface area (Å²) in [5.74, 6) is 0.205. The van der Waals surface area contributed by atoms with Gasteiger partial charge in [0.05, 0.1) is 0 Å². The molecule has 0 saturated carbocycles. The van der Waals surface area contributed by atoms with Crippen LogP contribution in [0.5, 0.6) is 0 Å². The quantitative estimate of drug-likeness (QED) is 0.739. The van der Waals surface area contributed by atoms with E-state index in [1.165, 1.54) is 5.56 Å². The van der Waals surface area contributed by atoms with Crippen molar-refractivity contribution in [3.05, 3.63) is 70.2 Å². The van der Waals surface area contributed by atoms with Crippen LogP contribution in [0.25, 0.3) is 0 Å². The molecule has 3 heteroatoms. The smallest absolute Gasteiger partial charge is 0.164 e. The zero-order valence-electron chi connectivity index (χ0n) is 12.5. The van der Waals surface area contributed by atoms with Crippen LogP contribution in [-0.4, -0.2) is 24.3 Å². The van der Waals surface area contributed by atoms with Crippen molar-refractivity contribution in [1.29, 1.82) is 0 Å². The van der Waals surface area contributed by atoms with Gasteiger partial charge in [-0.3, -0.25) is 4.79 Å².